The lowest BCUT2D eigenvalue weighted by molar-refractivity contribution is 1.19. The summed E-state index contributed by atoms with van der Waals surface area (Å²) in [5.41, 5.74) is 17.0. The number of para-hydroxylation sites is 3. The molecule has 0 radical (unpaired) electrons. The molecule has 14 rings (SSSR count). The largest absolute Gasteiger partial charge is 0.354 e. The molecule has 0 spiro atoms. The molecule has 0 amide bonds. The van der Waals surface area contributed by atoms with E-state index in [0.29, 0.717) is 0 Å². The predicted molar refractivity (Wildman–Crippen MR) is 255 cm³/mol. The molecule has 2 heterocycles. The summed E-state index contributed by atoms with van der Waals surface area (Å²) in [4.78, 5) is 3.63. The van der Waals surface area contributed by atoms with E-state index in [1.165, 1.54) is 115 Å². The summed E-state index contributed by atoms with van der Waals surface area (Å²) < 4.78 is 3.56. The molecule has 0 saturated carbocycles. The molecule has 2 aliphatic rings. The van der Waals surface area contributed by atoms with Crippen LogP contribution in [0.5, 0.6) is 0 Å². The summed E-state index contributed by atoms with van der Waals surface area (Å²) in [6.07, 6.45) is 0. The summed E-state index contributed by atoms with van der Waals surface area (Å²) in [6.45, 7) is 0. The fourth-order valence-corrected chi connectivity index (χ4v) is 10.1. The van der Waals surface area contributed by atoms with Gasteiger partial charge in [0.05, 0.1) is 16.6 Å². The van der Waals surface area contributed by atoms with Crippen LogP contribution in [0.4, 0.5) is 0 Å². The van der Waals surface area contributed by atoms with E-state index in [9.17, 15) is 0 Å². The van der Waals surface area contributed by atoms with Crippen molar-refractivity contribution in [1.82, 2.24) is 9.55 Å². The second-order valence-electron chi connectivity index (χ2n) is 15.4. The first-order chi connectivity index (χ1) is 29.2. The smallest absolute Gasteiger partial charge is 0.0620 e. The zero-order chi connectivity index (χ0) is 39.0. The number of aromatic nitrogens is 2. The first-order valence-electron chi connectivity index (χ1n) is 20.1. The maximum Gasteiger partial charge on any atom is 0.0620 e. The quantitative estimate of drug-likeness (QED) is 0.170. The van der Waals surface area contributed by atoms with Gasteiger partial charge in [-0.3, -0.25) is 0 Å². The molecule has 59 heavy (non-hydrogen) atoms. The molecule has 0 saturated heterocycles. The van der Waals surface area contributed by atoms with Crippen molar-refractivity contribution >= 4 is 81.1 Å². The zero-order valence-electron chi connectivity index (χ0n) is 32.0. The molecule has 12 aromatic rings. The second-order valence-corrected chi connectivity index (χ2v) is 16.3. The van der Waals surface area contributed by atoms with E-state index < -0.39 is 0 Å². The van der Waals surface area contributed by atoms with Crippen LogP contribution < -0.4 is 0 Å². The van der Waals surface area contributed by atoms with Crippen molar-refractivity contribution in [2.24, 2.45) is 0 Å². The molecule has 1 N–H and O–H groups in total. The van der Waals surface area contributed by atoms with Crippen molar-refractivity contribution < 1.29 is 0 Å². The Morgan fingerprint density at radius 1 is 0.339 bits per heavy atom. The Balaban J connectivity index is 0.000000112. The Morgan fingerprint density at radius 3 is 1.46 bits per heavy atom. The van der Waals surface area contributed by atoms with Gasteiger partial charge in [0.2, 0.25) is 0 Å². The summed E-state index contributed by atoms with van der Waals surface area (Å²) >= 11 is 3.31. The molecular formula is C56H35BrN2. The van der Waals surface area contributed by atoms with E-state index in [0.717, 1.165) is 4.47 Å². The van der Waals surface area contributed by atoms with Crippen molar-refractivity contribution in [2.45, 2.75) is 0 Å². The summed E-state index contributed by atoms with van der Waals surface area (Å²) in [7, 11) is 0. The Labute approximate surface area is 349 Å². The number of hydrogen-bond donors (Lipinski definition) is 1. The van der Waals surface area contributed by atoms with Crippen molar-refractivity contribution in [1.29, 1.82) is 0 Å². The van der Waals surface area contributed by atoms with Gasteiger partial charge in [-0.05, 0) is 104 Å². The summed E-state index contributed by atoms with van der Waals surface area (Å²) in [5.74, 6) is 0. The van der Waals surface area contributed by atoms with Crippen LogP contribution in [0.25, 0.3) is 115 Å². The van der Waals surface area contributed by atoms with Crippen molar-refractivity contribution in [3.05, 3.63) is 211 Å². The number of nitrogens with zero attached hydrogens (tertiary/aromatic N) is 1. The van der Waals surface area contributed by atoms with Gasteiger partial charge in [0, 0.05) is 48.0 Å². The highest BCUT2D eigenvalue weighted by Crippen LogP contribution is 2.52. The molecule has 0 fully saturated rings. The van der Waals surface area contributed by atoms with E-state index in [4.69, 9.17) is 0 Å². The van der Waals surface area contributed by atoms with Gasteiger partial charge in [0.25, 0.3) is 0 Å². The van der Waals surface area contributed by atoms with E-state index >= 15 is 0 Å². The maximum absolute atomic E-state index is 3.63. The topological polar surface area (TPSA) is 20.7 Å². The standard InChI is InChI=1S/C28H17N.C22H13N.C6H5Br/c1-2-9-18(10-3-1)29-26-16-7-6-13-21(26)25-17-24-20-12-5-4-11-19(20)22-14-8-15-23(27(22)24)28(25)29;1-2-7-14-13(6-1)16-9-5-10-17-21(16)18(14)12-19-15-8-3-4-11-20(15)23-22(17)19;7-6-4-2-1-3-5-6/h1-17H;1-12,23H;1-5H. The van der Waals surface area contributed by atoms with Crippen LogP contribution in [0.1, 0.15) is 0 Å². The van der Waals surface area contributed by atoms with E-state index in [1.807, 2.05) is 30.3 Å². The lowest BCUT2D eigenvalue weighted by Gasteiger charge is -2.11. The number of rotatable bonds is 1. The minimum Gasteiger partial charge on any atom is -0.354 e. The van der Waals surface area contributed by atoms with Crippen LogP contribution in [0, 0.1) is 0 Å². The SMILES string of the molecule is Brc1ccccc1.c1ccc(-n2c3ccccc3c3cc4c5c(cccc5c32)-c2ccccc2-4)cc1.c1ccc2c(c1)-c1cccc3c1c-2cc1c2ccccc2[nH]c31. The molecule has 2 nitrogen and oxygen atoms in total. The number of benzene rings is 10. The number of H-pyrrole nitrogens is 1. The summed E-state index contributed by atoms with van der Waals surface area (Å²) in [6, 6.07) is 73.7. The maximum atomic E-state index is 3.63. The van der Waals surface area contributed by atoms with Crippen LogP contribution in [-0.4, -0.2) is 9.55 Å². The van der Waals surface area contributed by atoms with Crippen LogP contribution >= 0.6 is 15.9 Å². The lowest BCUT2D eigenvalue weighted by atomic mass is 9.99. The van der Waals surface area contributed by atoms with Crippen LogP contribution in [0.2, 0.25) is 0 Å². The van der Waals surface area contributed by atoms with Gasteiger partial charge >= 0.3 is 0 Å². The molecule has 0 bridgehead atoms. The molecule has 2 aromatic heterocycles. The molecule has 0 unspecified atom stereocenters. The highest BCUT2D eigenvalue weighted by molar-refractivity contribution is 9.10. The van der Waals surface area contributed by atoms with E-state index in [1.54, 1.807) is 0 Å². The minimum atomic E-state index is 1.13. The van der Waals surface area contributed by atoms with E-state index in [2.05, 4.69) is 201 Å². The van der Waals surface area contributed by atoms with Gasteiger partial charge in [-0.1, -0.05) is 174 Å². The number of fused-ring (bicyclic) bond motifs is 14. The van der Waals surface area contributed by atoms with Gasteiger partial charge < -0.3 is 9.55 Å². The molecule has 10 aromatic carbocycles. The van der Waals surface area contributed by atoms with Gasteiger partial charge in [-0.15, -0.1) is 0 Å². The van der Waals surface area contributed by atoms with Crippen LogP contribution in [0.3, 0.4) is 0 Å². The Bertz CT molecular complexity index is 3610. The predicted octanol–water partition coefficient (Wildman–Crippen LogP) is 16.2. The van der Waals surface area contributed by atoms with Gasteiger partial charge in [0.15, 0.2) is 0 Å². The molecule has 2 aliphatic carbocycles. The third-order valence-corrected chi connectivity index (χ3v) is 12.7. The van der Waals surface area contributed by atoms with Gasteiger partial charge in [-0.25, -0.2) is 0 Å². The molecular weight excluding hydrogens is 781 g/mol. The fraction of sp³-hybridized carbons (Fsp3) is 0. The summed E-state index contributed by atoms with van der Waals surface area (Å²) in [5, 5.41) is 10.6. The highest BCUT2D eigenvalue weighted by Gasteiger charge is 2.26. The average Bonchev–Trinajstić information content (AvgIpc) is 4.04. The first kappa shape index (κ1) is 33.9. The molecule has 0 aliphatic heterocycles. The number of hydrogen-bond acceptors (Lipinski definition) is 0. The molecule has 3 heteroatoms. The Hall–Kier alpha value is -7.20. The number of aromatic amines is 1. The Morgan fingerprint density at radius 2 is 0.814 bits per heavy atom. The normalized spacial score (nSPS) is 11.8. The Kier molecular flexibility index (Phi) is 7.72. The molecule has 276 valence electrons. The second kappa shape index (κ2) is 13.4. The molecule has 0 atom stereocenters. The average molecular weight is 816 g/mol. The van der Waals surface area contributed by atoms with Gasteiger partial charge in [-0.2, -0.15) is 0 Å². The fourth-order valence-electron chi connectivity index (χ4n) is 9.77. The third kappa shape index (κ3) is 5.18. The number of halogens is 1. The zero-order valence-corrected chi connectivity index (χ0v) is 33.5. The third-order valence-electron chi connectivity index (χ3n) is 12.2. The lowest BCUT2D eigenvalue weighted by Crippen LogP contribution is -1.94. The first-order valence-corrected chi connectivity index (χ1v) is 20.9. The van der Waals surface area contributed by atoms with Crippen molar-refractivity contribution in [3.63, 3.8) is 0 Å². The highest BCUT2D eigenvalue weighted by atomic mass is 79.9. The number of nitrogens with one attached hydrogen (secondary N) is 1. The van der Waals surface area contributed by atoms with Crippen molar-refractivity contribution in [3.8, 4) is 50.2 Å². The van der Waals surface area contributed by atoms with Crippen LogP contribution in [-0.2, 0) is 0 Å². The van der Waals surface area contributed by atoms with E-state index in [-0.39, 0.29) is 0 Å². The minimum absolute atomic E-state index is 1.13. The van der Waals surface area contributed by atoms with Crippen LogP contribution in [0.15, 0.2) is 211 Å². The van der Waals surface area contributed by atoms with Crippen molar-refractivity contribution in [2.75, 3.05) is 0 Å². The van der Waals surface area contributed by atoms with Gasteiger partial charge in [0.1, 0.15) is 0 Å². The monoisotopic (exact) mass is 814 g/mol.